The lowest BCUT2D eigenvalue weighted by molar-refractivity contribution is -0.126. The molecule has 1 fully saturated rings. The van der Waals surface area contributed by atoms with E-state index in [1.54, 1.807) is 0 Å². The maximum Gasteiger partial charge on any atom is 0.238 e. The Kier molecular flexibility index (Phi) is 4.35. The third-order valence-electron chi connectivity index (χ3n) is 3.47. The third kappa shape index (κ3) is 3.23. The summed E-state index contributed by atoms with van der Waals surface area (Å²) in [5.74, 6) is -0.530. The van der Waals surface area contributed by atoms with Crippen LogP contribution in [0.5, 0.6) is 0 Å². The predicted octanol–water partition coefficient (Wildman–Crippen LogP) is 2.62. The molecule has 0 aromatic heterocycles. The number of nitriles is 1. The van der Waals surface area contributed by atoms with Crippen molar-refractivity contribution in [1.82, 2.24) is 5.32 Å². The first-order valence-corrected chi connectivity index (χ1v) is 6.20. The lowest BCUT2D eigenvalue weighted by Gasteiger charge is -2.35. The van der Waals surface area contributed by atoms with Crippen LogP contribution in [0, 0.1) is 23.2 Å². The van der Waals surface area contributed by atoms with E-state index < -0.39 is 5.92 Å². The predicted molar refractivity (Wildman–Crippen MR) is 63.6 cm³/mol. The van der Waals surface area contributed by atoms with Gasteiger partial charge in [0.2, 0.25) is 5.91 Å². The number of carbonyl (C=O) groups excluding carboxylic acids is 1. The van der Waals surface area contributed by atoms with Gasteiger partial charge in [-0.1, -0.05) is 33.1 Å². The topological polar surface area (TPSA) is 52.9 Å². The molecule has 0 aromatic rings. The van der Waals surface area contributed by atoms with Crippen molar-refractivity contribution in [1.29, 1.82) is 5.26 Å². The van der Waals surface area contributed by atoms with Gasteiger partial charge in [0.1, 0.15) is 5.92 Å². The van der Waals surface area contributed by atoms with Gasteiger partial charge in [0.15, 0.2) is 0 Å². The summed E-state index contributed by atoms with van der Waals surface area (Å²) in [6.07, 6.45) is 5.69. The van der Waals surface area contributed by atoms with E-state index in [9.17, 15) is 4.79 Å². The van der Waals surface area contributed by atoms with E-state index in [0.29, 0.717) is 0 Å². The fraction of sp³-hybridized carbons (Fsp3) is 0.846. The second-order valence-corrected chi connectivity index (χ2v) is 5.46. The molecule has 1 rings (SSSR count). The van der Waals surface area contributed by atoms with Crippen molar-refractivity contribution in [3.05, 3.63) is 0 Å². The van der Waals surface area contributed by atoms with Gasteiger partial charge in [0.25, 0.3) is 0 Å². The Balaban J connectivity index is 2.59. The molecule has 0 radical (unpaired) electrons. The quantitative estimate of drug-likeness (QED) is 0.798. The maximum absolute atomic E-state index is 12.0. The van der Waals surface area contributed by atoms with Crippen LogP contribution >= 0.6 is 0 Å². The van der Waals surface area contributed by atoms with Gasteiger partial charge < -0.3 is 5.32 Å². The SMILES string of the molecule is CC(C)C(C#N)C(=O)NC1(C)CCCCC1. The molecule has 3 heteroatoms. The lowest BCUT2D eigenvalue weighted by Crippen LogP contribution is -2.49. The van der Waals surface area contributed by atoms with Gasteiger partial charge in [-0.25, -0.2) is 0 Å². The molecule has 1 aliphatic rings. The monoisotopic (exact) mass is 222 g/mol. The highest BCUT2D eigenvalue weighted by atomic mass is 16.2. The highest BCUT2D eigenvalue weighted by Gasteiger charge is 2.32. The first kappa shape index (κ1) is 13.0. The average molecular weight is 222 g/mol. The van der Waals surface area contributed by atoms with Crippen LogP contribution in [0.1, 0.15) is 52.9 Å². The van der Waals surface area contributed by atoms with Crippen LogP contribution in [-0.4, -0.2) is 11.4 Å². The molecule has 0 spiro atoms. The van der Waals surface area contributed by atoms with Crippen LogP contribution < -0.4 is 5.32 Å². The van der Waals surface area contributed by atoms with Crippen LogP contribution in [-0.2, 0) is 4.79 Å². The minimum atomic E-state index is -0.515. The van der Waals surface area contributed by atoms with Crippen molar-refractivity contribution in [2.45, 2.75) is 58.4 Å². The molecular formula is C13H22N2O. The number of rotatable bonds is 3. The van der Waals surface area contributed by atoms with Gasteiger partial charge in [-0.3, -0.25) is 4.79 Å². The molecule has 3 nitrogen and oxygen atoms in total. The van der Waals surface area contributed by atoms with Crippen LogP contribution in [0.15, 0.2) is 0 Å². The first-order valence-electron chi connectivity index (χ1n) is 6.20. The van der Waals surface area contributed by atoms with Crippen molar-refractivity contribution in [3.8, 4) is 6.07 Å². The number of hydrogen-bond acceptors (Lipinski definition) is 2. The summed E-state index contributed by atoms with van der Waals surface area (Å²) in [5.41, 5.74) is -0.0840. The molecule has 0 heterocycles. The zero-order valence-electron chi connectivity index (χ0n) is 10.5. The number of nitrogens with zero attached hydrogens (tertiary/aromatic N) is 1. The van der Waals surface area contributed by atoms with Gasteiger partial charge in [0, 0.05) is 5.54 Å². The van der Waals surface area contributed by atoms with Gasteiger partial charge in [-0.15, -0.1) is 0 Å². The highest BCUT2D eigenvalue weighted by molar-refractivity contribution is 5.82. The Morgan fingerprint density at radius 3 is 2.31 bits per heavy atom. The minimum Gasteiger partial charge on any atom is -0.350 e. The molecule has 0 bridgehead atoms. The molecule has 0 aliphatic heterocycles. The van der Waals surface area contributed by atoms with Crippen LogP contribution in [0.2, 0.25) is 0 Å². The Bertz CT molecular complexity index is 285. The molecular weight excluding hydrogens is 200 g/mol. The second kappa shape index (κ2) is 5.34. The summed E-state index contributed by atoms with van der Waals surface area (Å²) in [4.78, 5) is 12.0. The largest absolute Gasteiger partial charge is 0.350 e. The molecule has 16 heavy (non-hydrogen) atoms. The van der Waals surface area contributed by atoms with E-state index in [0.717, 1.165) is 12.8 Å². The maximum atomic E-state index is 12.0. The van der Waals surface area contributed by atoms with Crippen LogP contribution in [0.3, 0.4) is 0 Å². The Morgan fingerprint density at radius 2 is 1.88 bits per heavy atom. The lowest BCUT2D eigenvalue weighted by atomic mass is 9.82. The summed E-state index contributed by atoms with van der Waals surface area (Å²) < 4.78 is 0. The first-order chi connectivity index (χ1) is 7.48. The highest BCUT2D eigenvalue weighted by Crippen LogP contribution is 2.28. The van der Waals surface area contributed by atoms with Gasteiger partial charge in [0.05, 0.1) is 6.07 Å². The number of amides is 1. The zero-order chi connectivity index (χ0) is 12.2. The molecule has 1 N–H and O–H groups in total. The van der Waals surface area contributed by atoms with Crippen molar-refractivity contribution in [3.63, 3.8) is 0 Å². The number of nitrogens with one attached hydrogen (secondary N) is 1. The van der Waals surface area contributed by atoms with E-state index in [2.05, 4.69) is 18.3 Å². The third-order valence-corrected chi connectivity index (χ3v) is 3.47. The van der Waals surface area contributed by atoms with Crippen molar-refractivity contribution < 1.29 is 4.79 Å². The molecule has 0 aromatic carbocycles. The normalized spacial score (nSPS) is 21.2. The standard InChI is InChI=1S/C13H22N2O/c1-10(2)11(9-14)12(16)15-13(3)7-5-4-6-8-13/h10-11H,4-8H2,1-3H3,(H,15,16). The summed E-state index contributed by atoms with van der Waals surface area (Å²) in [6, 6.07) is 2.10. The summed E-state index contributed by atoms with van der Waals surface area (Å²) in [7, 11) is 0. The van der Waals surface area contributed by atoms with Gasteiger partial charge in [-0.2, -0.15) is 5.26 Å². The van der Waals surface area contributed by atoms with Crippen LogP contribution in [0.4, 0.5) is 0 Å². The molecule has 1 unspecified atom stereocenters. The number of carbonyl (C=O) groups is 1. The Labute approximate surface area is 98.2 Å². The number of hydrogen-bond donors (Lipinski definition) is 1. The molecule has 1 aliphatic carbocycles. The fourth-order valence-electron chi connectivity index (χ4n) is 2.34. The van der Waals surface area contributed by atoms with Crippen molar-refractivity contribution in [2.75, 3.05) is 0 Å². The van der Waals surface area contributed by atoms with Gasteiger partial charge in [-0.05, 0) is 25.7 Å². The smallest absolute Gasteiger partial charge is 0.238 e. The zero-order valence-corrected chi connectivity index (χ0v) is 10.5. The molecule has 0 saturated heterocycles. The minimum absolute atomic E-state index is 0.0807. The fourth-order valence-corrected chi connectivity index (χ4v) is 2.34. The van der Waals surface area contributed by atoms with E-state index in [4.69, 9.17) is 5.26 Å². The van der Waals surface area contributed by atoms with Crippen LogP contribution in [0.25, 0.3) is 0 Å². The molecule has 1 atom stereocenters. The average Bonchev–Trinajstić information content (AvgIpc) is 2.18. The molecule has 90 valence electrons. The molecule has 1 saturated carbocycles. The van der Waals surface area contributed by atoms with Crippen molar-refractivity contribution in [2.24, 2.45) is 11.8 Å². The molecule has 1 amide bonds. The van der Waals surface area contributed by atoms with Crippen molar-refractivity contribution >= 4 is 5.91 Å². The summed E-state index contributed by atoms with van der Waals surface area (Å²) in [5, 5.41) is 12.0. The van der Waals surface area contributed by atoms with E-state index in [-0.39, 0.29) is 17.4 Å². The Hall–Kier alpha value is -1.04. The summed E-state index contributed by atoms with van der Waals surface area (Å²) >= 11 is 0. The summed E-state index contributed by atoms with van der Waals surface area (Å²) in [6.45, 7) is 5.92. The Morgan fingerprint density at radius 1 is 1.31 bits per heavy atom. The second-order valence-electron chi connectivity index (χ2n) is 5.46. The van der Waals surface area contributed by atoms with E-state index in [1.165, 1.54) is 19.3 Å². The van der Waals surface area contributed by atoms with E-state index in [1.807, 2.05) is 13.8 Å². The van der Waals surface area contributed by atoms with E-state index >= 15 is 0 Å². The van der Waals surface area contributed by atoms with Gasteiger partial charge >= 0.3 is 0 Å².